The van der Waals surface area contributed by atoms with Crippen molar-refractivity contribution in [1.82, 2.24) is 10.6 Å². The fraction of sp³-hybridized carbons (Fsp3) is 0.885. The molecule has 0 aromatic heterocycles. The quantitative estimate of drug-likeness (QED) is 0.0333. The van der Waals surface area contributed by atoms with Crippen LogP contribution in [0.4, 0.5) is 0 Å². The van der Waals surface area contributed by atoms with Crippen LogP contribution in [0.2, 0.25) is 0 Å². The van der Waals surface area contributed by atoms with Gasteiger partial charge in [0.15, 0.2) is 37.2 Å². The Balaban J connectivity index is 0.993. The van der Waals surface area contributed by atoms with Gasteiger partial charge in [-0.2, -0.15) is 0 Å². The molecule has 9 rings (SSSR count). The predicted molar refractivity (Wildman–Crippen MR) is 306 cm³/mol. The van der Waals surface area contributed by atoms with Crippen LogP contribution in [0.3, 0.4) is 0 Å². The Hall–Kier alpha value is -2.87. The molecule has 3 saturated carbocycles. The summed E-state index contributed by atoms with van der Waals surface area (Å²) in [6, 6.07) is -3.12. The van der Waals surface area contributed by atoms with Crippen LogP contribution < -0.4 is 10.6 Å². The van der Waals surface area contributed by atoms with E-state index in [0.29, 0.717) is 38.5 Å². The minimum absolute atomic E-state index is 0.00994. The molecule has 5 saturated heterocycles. The van der Waals surface area contributed by atoms with Gasteiger partial charge in [0.05, 0.1) is 50.8 Å². The molecule has 31 atom stereocenters. The maximum absolute atomic E-state index is 13.5. The molecule has 514 valence electrons. The van der Waals surface area contributed by atoms with E-state index in [1.165, 1.54) is 11.1 Å². The van der Waals surface area contributed by atoms with E-state index < -0.39 is 220 Å². The molecule has 0 bridgehead atoms. The summed E-state index contributed by atoms with van der Waals surface area (Å²) in [5, 5.41) is 162. The lowest BCUT2D eigenvalue weighted by Gasteiger charge is -2.67. The molecule has 0 spiro atoms. The molecule has 0 unspecified atom stereocenters. The fourth-order valence-corrected chi connectivity index (χ4v) is 16.5. The topological polar surface area (TPSA) is 451 Å². The number of amides is 2. The van der Waals surface area contributed by atoms with Crippen molar-refractivity contribution in [2.24, 2.45) is 34.0 Å². The maximum atomic E-state index is 13.5. The van der Waals surface area contributed by atoms with Crippen LogP contribution in [-0.4, -0.2) is 281 Å². The average molecular weight is 1290 g/mol. The zero-order valence-electron chi connectivity index (χ0n) is 52.5. The van der Waals surface area contributed by atoms with Gasteiger partial charge in [0, 0.05) is 36.5 Å². The molecule has 4 aliphatic carbocycles. The molecule has 0 aromatic rings. The van der Waals surface area contributed by atoms with Crippen molar-refractivity contribution in [1.29, 1.82) is 0 Å². The molecule has 29 nitrogen and oxygen atoms in total. The fourth-order valence-electron chi connectivity index (χ4n) is 16.5. The Bertz CT molecular complexity index is 2580. The lowest BCUT2D eigenvalue weighted by atomic mass is 9.41. The Labute approximate surface area is 522 Å². The summed E-state index contributed by atoms with van der Waals surface area (Å²) in [5.74, 6) is -1.50. The number of allylic oxidation sites excluding steroid dienone is 3. The highest BCUT2D eigenvalue weighted by atomic mass is 16.8. The second kappa shape index (κ2) is 28.1. The normalized spacial score (nSPS) is 48.1. The summed E-state index contributed by atoms with van der Waals surface area (Å²) in [6.45, 7) is 12.6. The van der Waals surface area contributed by atoms with Gasteiger partial charge in [0.2, 0.25) is 11.8 Å². The van der Waals surface area contributed by atoms with Crippen molar-refractivity contribution >= 4 is 17.6 Å². The van der Waals surface area contributed by atoms with Gasteiger partial charge in [-0.1, -0.05) is 51.3 Å². The largest absolute Gasteiger partial charge is 0.394 e. The SMILES string of the molecule is CC(=O)N[C@H]1[C@H](O[C@@H]2CO[C@@H](O[C@H]3CC[C@]4(C)[C@H]5C[C@@H](O)[C@@]6(C)C(=C5CC[C@@]4(O)C3(C)C)CC[C@@H]6[C@H](C)CC(=O)C=C(C)C)[C@H](O[C@@H]3O[C@H](CO[C@@H]4OC[C@@H](O)[C@H](O)[C@H]4O[C@@H]4O[C@H](CO)[C@@H](O)[C@H](O)[C@H]4O)[C@@H](O)[C@H](O)[C@H]3NC(C)=O)[C@H]2O)O[C@H](CO)[C@H](O)[C@@H]1O. The smallest absolute Gasteiger partial charge is 0.217 e. The number of ketones is 1. The first-order chi connectivity index (χ1) is 42.2. The summed E-state index contributed by atoms with van der Waals surface area (Å²) in [4.78, 5) is 38.4. The van der Waals surface area contributed by atoms with Gasteiger partial charge in [0.1, 0.15) is 110 Å². The molecule has 90 heavy (non-hydrogen) atoms. The van der Waals surface area contributed by atoms with Crippen LogP contribution in [0.15, 0.2) is 22.8 Å². The number of aliphatic hydroxyl groups is 14. The van der Waals surface area contributed by atoms with Crippen molar-refractivity contribution in [2.45, 2.75) is 273 Å². The van der Waals surface area contributed by atoms with E-state index in [0.717, 1.165) is 32.3 Å². The summed E-state index contributed by atoms with van der Waals surface area (Å²) in [6.07, 6.45) is -32.6. The highest BCUT2D eigenvalue weighted by Crippen LogP contribution is 2.70. The molecule has 2 amide bonds. The number of aliphatic hydroxyl groups excluding tert-OH is 13. The molecular weight excluding hydrogens is 1190 g/mol. The highest BCUT2D eigenvalue weighted by molar-refractivity contribution is 5.90. The van der Waals surface area contributed by atoms with E-state index in [1.54, 1.807) is 6.08 Å². The Morgan fingerprint density at radius 3 is 1.79 bits per heavy atom. The minimum Gasteiger partial charge on any atom is -0.394 e. The van der Waals surface area contributed by atoms with Gasteiger partial charge in [-0.05, 0) is 82.6 Å². The van der Waals surface area contributed by atoms with Crippen LogP contribution in [0.1, 0.15) is 114 Å². The predicted octanol–water partition coefficient (Wildman–Crippen LogP) is -3.96. The Morgan fingerprint density at radius 1 is 0.622 bits per heavy atom. The van der Waals surface area contributed by atoms with E-state index >= 15 is 0 Å². The molecule has 0 aromatic carbocycles. The van der Waals surface area contributed by atoms with E-state index in [-0.39, 0.29) is 23.5 Å². The van der Waals surface area contributed by atoms with Gasteiger partial charge in [-0.3, -0.25) is 14.4 Å². The van der Waals surface area contributed by atoms with Crippen LogP contribution in [0, 0.1) is 34.0 Å². The molecule has 5 heterocycles. The first-order valence-corrected chi connectivity index (χ1v) is 31.5. The van der Waals surface area contributed by atoms with E-state index in [4.69, 9.17) is 47.4 Å². The molecular formula is C61H98N2O27. The zero-order valence-corrected chi connectivity index (χ0v) is 52.5. The number of rotatable bonds is 19. The third-order valence-corrected chi connectivity index (χ3v) is 21.6. The molecule has 29 heteroatoms. The molecule has 9 aliphatic rings. The second-order valence-corrected chi connectivity index (χ2v) is 27.8. The Morgan fingerprint density at radius 2 is 1.18 bits per heavy atom. The molecule has 8 fully saturated rings. The number of hydrogen-bond acceptors (Lipinski definition) is 27. The van der Waals surface area contributed by atoms with Crippen LogP contribution >= 0.6 is 0 Å². The average Bonchev–Trinajstić information content (AvgIpc) is 1.77. The lowest BCUT2D eigenvalue weighted by molar-refractivity contribution is -0.378. The lowest BCUT2D eigenvalue weighted by Crippen LogP contribution is -2.71. The van der Waals surface area contributed by atoms with Gasteiger partial charge in [0.25, 0.3) is 0 Å². The number of carbonyl (C=O) groups excluding carboxylic acids is 3. The summed E-state index contributed by atoms with van der Waals surface area (Å²) in [5.41, 5.74) is -0.580. The van der Waals surface area contributed by atoms with Crippen LogP contribution in [0.5, 0.6) is 0 Å². The number of hydrogen-bond donors (Lipinski definition) is 16. The number of ether oxygens (including phenoxy) is 10. The molecule has 0 radical (unpaired) electrons. The zero-order chi connectivity index (χ0) is 66.0. The van der Waals surface area contributed by atoms with Gasteiger partial charge in [-0.25, -0.2) is 0 Å². The third kappa shape index (κ3) is 13.3. The van der Waals surface area contributed by atoms with Crippen LogP contribution in [-0.2, 0) is 61.8 Å². The number of carbonyl (C=O) groups is 3. The first kappa shape index (κ1) is 71.4. The molecule has 5 aliphatic heterocycles. The second-order valence-electron chi connectivity index (χ2n) is 27.8. The van der Waals surface area contributed by atoms with Crippen molar-refractivity contribution < 1.29 is 133 Å². The third-order valence-electron chi connectivity index (χ3n) is 21.6. The number of nitrogens with one attached hydrogen (secondary N) is 2. The van der Waals surface area contributed by atoms with Crippen molar-refractivity contribution in [2.75, 3.05) is 33.0 Å². The van der Waals surface area contributed by atoms with Crippen molar-refractivity contribution in [3.05, 3.63) is 22.8 Å². The number of fused-ring (bicyclic) bond motifs is 4. The molecule has 16 N–H and O–H groups in total. The van der Waals surface area contributed by atoms with Gasteiger partial charge in [-0.15, -0.1) is 0 Å². The first-order valence-electron chi connectivity index (χ1n) is 31.5. The highest BCUT2D eigenvalue weighted by Gasteiger charge is 2.69. The van der Waals surface area contributed by atoms with E-state index in [2.05, 4.69) is 31.4 Å². The van der Waals surface area contributed by atoms with Crippen LogP contribution in [0.25, 0.3) is 0 Å². The summed E-state index contributed by atoms with van der Waals surface area (Å²) in [7, 11) is 0. The summed E-state index contributed by atoms with van der Waals surface area (Å²) >= 11 is 0. The Kier molecular flexibility index (Phi) is 22.3. The van der Waals surface area contributed by atoms with Gasteiger partial charge < -0.3 is 129 Å². The van der Waals surface area contributed by atoms with Gasteiger partial charge >= 0.3 is 0 Å². The van der Waals surface area contributed by atoms with Crippen molar-refractivity contribution in [3.8, 4) is 0 Å². The summed E-state index contributed by atoms with van der Waals surface area (Å²) < 4.78 is 61.3. The standard InChI is InChI=1S/C61H98N2O27/c1-24(2)16-28(68)17-25(3)30-10-11-31-29-12-15-61(80)58(6,7)39(13-14-59(61,8)32(29)18-38(70)60(30,31)9)88-57-52(46(75)37(23-83-57)87-53-40(62-26(4)66)47(76)43(72)34(19-64)84-53)89-54-41(63-27(5)67)48(77)45(74)36(86-54)22-82-56-51(42(71)33(69)21-81-56)90-55-50(79)49(78)44(73)35(20-65)85-55/h16,25,30,32-57,64-65,69-80H,10-15,17-23H2,1-9H3,(H,62,66)(H,63,67)/t25-,30-,32+,33-,34-,35-,36-,37-,38-,39+,40-,41-,42+,43+,44-,45-,46+,47-,48-,49+,50-,51-,52-,53+,54+,55+,56+,57+,59-,60-,61-/m1/s1. The van der Waals surface area contributed by atoms with Crippen molar-refractivity contribution in [3.63, 3.8) is 0 Å². The van der Waals surface area contributed by atoms with E-state index in [9.17, 15) is 85.9 Å². The van der Waals surface area contributed by atoms with E-state index in [1.807, 2.05) is 27.7 Å². The maximum Gasteiger partial charge on any atom is 0.217 e. The minimum atomic E-state index is -1.95. The monoisotopic (exact) mass is 1290 g/mol.